The van der Waals surface area contributed by atoms with Crippen molar-refractivity contribution >= 4 is 17.4 Å². The molecule has 1 fully saturated rings. The van der Waals surface area contributed by atoms with E-state index in [-0.39, 0.29) is 18.1 Å². The van der Waals surface area contributed by atoms with E-state index in [1.54, 1.807) is 48.9 Å². The van der Waals surface area contributed by atoms with Crippen LogP contribution in [0.15, 0.2) is 60.7 Å². The first-order valence-electron chi connectivity index (χ1n) is 11.4. The van der Waals surface area contributed by atoms with Gasteiger partial charge in [-0.05, 0) is 42.3 Å². The summed E-state index contributed by atoms with van der Waals surface area (Å²) in [6.07, 6.45) is 5.79. The van der Waals surface area contributed by atoms with Crippen LogP contribution in [0.2, 0.25) is 0 Å². The number of imidazole rings is 1. The average molecular weight is 492 g/mol. The number of aliphatic hydroxyl groups excluding tert-OH is 1. The number of methoxy groups -OCH3 is 2. The SMILES string of the molecule is COc1ccc(C2C(=C(O)c3ccc4c(c3)OCO4)C(=O)C(=O)N2CCCn2ccnc2)cc1OC. The van der Waals surface area contributed by atoms with Crippen LogP contribution >= 0.6 is 0 Å². The van der Waals surface area contributed by atoms with E-state index >= 15 is 0 Å². The number of hydrogen-bond donors (Lipinski definition) is 1. The number of amides is 1. The van der Waals surface area contributed by atoms with Gasteiger partial charge < -0.3 is 33.5 Å². The Hall–Kier alpha value is -4.47. The third kappa shape index (κ3) is 4.10. The Kier molecular flexibility index (Phi) is 6.24. The number of aromatic nitrogens is 2. The minimum atomic E-state index is -0.821. The molecular weight excluding hydrogens is 466 g/mol. The maximum atomic E-state index is 13.3. The monoisotopic (exact) mass is 491 g/mol. The molecule has 10 heteroatoms. The van der Waals surface area contributed by atoms with E-state index in [1.165, 1.54) is 19.1 Å². The van der Waals surface area contributed by atoms with Crippen molar-refractivity contribution in [3.63, 3.8) is 0 Å². The summed E-state index contributed by atoms with van der Waals surface area (Å²) in [5.41, 5.74) is 0.951. The maximum Gasteiger partial charge on any atom is 0.295 e. The molecule has 1 amide bonds. The predicted molar refractivity (Wildman–Crippen MR) is 128 cm³/mol. The van der Waals surface area contributed by atoms with Crippen molar-refractivity contribution in [1.82, 2.24) is 14.5 Å². The summed E-state index contributed by atoms with van der Waals surface area (Å²) in [6.45, 7) is 0.982. The Morgan fingerprint density at radius 2 is 1.86 bits per heavy atom. The number of aliphatic hydroxyl groups is 1. The van der Waals surface area contributed by atoms with Gasteiger partial charge >= 0.3 is 0 Å². The van der Waals surface area contributed by atoms with Crippen molar-refractivity contribution in [3.8, 4) is 23.0 Å². The molecule has 5 rings (SSSR count). The molecule has 0 aliphatic carbocycles. The lowest BCUT2D eigenvalue weighted by Gasteiger charge is -2.26. The molecule has 0 bridgehead atoms. The Balaban J connectivity index is 1.57. The van der Waals surface area contributed by atoms with Crippen molar-refractivity contribution < 1.29 is 33.6 Å². The van der Waals surface area contributed by atoms with Crippen molar-refractivity contribution in [1.29, 1.82) is 0 Å². The molecule has 2 aromatic carbocycles. The maximum absolute atomic E-state index is 13.3. The molecule has 36 heavy (non-hydrogen) atoms. The number of ether oxygens (including phenoxy) is 4. The molecule has 3 aromatic rings. The average Bonchev–Trinajstić information content (AvgIpc) is 3.64. The first-order chi connectivity index (χ1) is 17.5. The predicted octanol–water partition coefficient (Wildman–Crippen LogP) is 3.14. The number of fused-ring (bicyclic) bond motifs is 1. The molecule has 0 saturated carbocycles. The molecule has 1 aromatic heterocycles. The molecule has 10 nitrogen and oxygen atoms in total. The molecule has 3 heterocycles. The third-order valence-corrected chi connectivity index (χ3v) is 6.28. The second-order valence-electron chi connectivity index (χ2n) is 8.33. The third-order valence-electron chi connectivity index (χ3n) is 6.28. The van der Waals surface area contributed by atoms with Gasteiger partial charge in [-0.15, -0.1) is 0 Å². The molecule has 0 radical (unpaired) electrons. The van der Waals surface area contributed by atoms with Gasteiger partial charge in [0.25, 0.3) is 11.7 Å². The second-order valence-corrected chi connectivity index (χ2v) is 8.33. The molecule has 186 valence electrons. The number of nitrogens with zero attached hydrogens (tertiary/aromatic N) is 3. The second kappa shape index (κ2) is 9.65. The fourth-order valence-electron chi connectivity index (χ4n) is 4.52. The number of likely N-dealkylation sites (tertiary alicyclic amines) is 1. The van der Waals surface area contributed by atoms with Crippen molar-refractivity contribution in [3.05, 3.63) is 71.8 Å². The number of carbonyl (C=O) groups excluding carboxylic acids is 2. The fraction of sp³-hybridized carbons (Fsp3) is 0.269. The molecule has 0 spiro atoms. The van der Waals surface area contributed by atoms with Crippen LogP contribution < -0.4 is 18.9 Å². The van der Waals surface area contributed by atoms with Gasteiger partial charge in [-0.1, -0.05) is 6.07 Å². The Bertz CT molecular complexity index is 1330. The lowest BCUT2D eigenvalue weighted by molar-refractivity contribution is -0.139. The minimum absolute atomic E-state index is 0.00582. The van der Waals surface area contributed by atoms with Crippen LogP contribution in [0.25, 0.3) is 5.76 Å². The summed E-state index contributed by atoms with van der Waals surface area (Å²) in [5.74, 6) is 0.231. The number of aryl methyl sites for hydroxylation is 1. The van der Waals surface area contributed by atoms with Gasteiger partial charge in [0.05, 0.1) is 32.2 Å². The lowest BCUT2D eigenvalue weighted by Crippen LogP contribution is -2.31. The molecular formula is C26H25N3O7. The Labute approximate surface area is 207 Å². The first kappa shape index (κ1) is 23.3. The lowest BCUT2D eigenvalue weighted by atomic mass is 9.94. The quantitative estimate of drug-likeness (QED) is 0.291. The fourth-order valence-corrected chi connectivity index (χ4v) is 4.52. The Morgan fingerprint density at radius 3 is 2.61 bits per heavy atom. The van der Waals surface area contributed by atoms with Crippen molar-refractivity contribution in [2.75, 3.05) is 27.6 Å². The minimum Gasteiger partial charge on any atom is -0.507 e. The number of Topliss-reactive ketones (excluding diaryl/α,β-unsaturated/α-hetero) is 1. The van der Waals surface area contributed by atoms with Gasteiger partial charge in [-0.2, -0.15) is 0 Å². The Morgan fingerprint density at radius 1 is 1.06 bits per heavy atom. The van der Waals surface area contributed by atoms with Crippen LogP contribution in [0.1, 0.15) is 23.6 Å². The summed E-state index contributed by atoms with van der Waals surface area (Å²) in [6, 6.07) is 9.23. The van der Waals surface area contributed by atoms with E-state index < -0.39 is 17.7 Å². The molecule has 1 N–H and O–H groups in total. The van der Waals surface area contributed by atoms with E-state index in [0.717, 1.165) is 0 Å². The van der Waals surface area contributed by atoms with E-state index in [4.69, 9.17) is 18.9 Å². The van der Waals surface area contributed by atoms with E-state index in [1.807, 2.05) is 10.8 Å². The van der Waals surface area contributed by atoms with Crippen LogP contribution in [0.3, 0.4) is 0 Å². The van der Waals surface area contributed by atoms with Gasteiger partial charge in [0.15, 0.2) is 23.0 Å². The molecule has 1 atom stereocenters. The van der Waals surface area contributed by atoms with Crippen LogP contribution in [-0.2, 0) is 16.1 Å². The summed E-state index contributed by atoms with van der Waals surface area (Å²) >= 11 is 0. The normalized spacial score (nSPS) is 18.1. The van der Waals surface area contributed by atoms with Crippen LogP contribution in [-0.4, -0.2) is 58.8 Å². The van der Waals surface area contributed by atoms with Crippen molar-refractivity contribution in [2.45, 2.75) is 19.0 Å². The van der Waals surface area contributed by atoms with Crippen molar-refractivity contribution in [2.24, 2.45) is 0 Å². The van der Waals surface area contributed by atoms with Gasteiger partial charge in [0, 0.05) is 31.0 Å². The highest BCUT2D eigenvalue weighted by Crippen LogP contribution is 2.43. The van der Waals surface area contributed by atoms with Gasteiger partial charge in [-0.25, -0.2) is 4.98 Å². The van der Waals surface area contributed by atoms with E-state index in [0.29, 0.717) is 53.6 Å². The molecule has 2 aliphatic heterocycles. The van der Waals surface area contributed by atoms with E-state index in [2.05, 4.69) is 4.98 Å². The largest absolute Gasteiger partial charge is 0.507 e. The number of ketones is 1. The topological polar surface area (TPSA) is 112 Å². The highest BCUT2D eigenvalue weighted by atomic mass is 16.7. The smallest absolute Gasteiger partial charge is 0.295 e. The van der Waals surface area contributed by atoms with E-state index in [9.17, 15) is 14.7 Å². The van der Waals surface area contributed by atoms with Crippen LogP contribution in [0.4, 0.5) is 0 Å². The zero-order valence-electron chi connectivity index (χ0n) is 19.8. The van der Waals surface area contributed by atoms with Crippen LogP contribution in [0, 0.1) is 0 Å². The van der Waals surface area contributed by atoms with Gasteiger partial charge in [-0.3, -0.25) is 9.59 Å². The summed E-state index contributed by atoms with van der Waals surface area (Å²) < 4.78 is 23.5. The van der Waals surface area contributed by atoms with Crippen LogP contribution in [0.5, 0.6) is 23.0 Å². The number of rotatable bonds is 8. The van der Waals surface area contributed by atoms with Gasteiger partial charge in [0.1, 0.15) is 5.76 Å². The summed E-state index contributed by atoms with van der Waals surface area (Å²) in [5, 5.41) is 11.3. The summed E-state index contributed by atoms with van der Waals surface area (Å²) in [4.78, 5) is 32.0. The number of hydrogen-bond acceptors (Lipinski definition) is 8. The highest BCUT2D eigenvalue weighted by Gasteiger charge is 2.46. The van der Waals surface area contributed by atoms with Gasteiger partial charge in [0.2, 0.25) is 6.79 Å². The highest BCUT2D eigenvalue weighted by molar-refractivity contribution is 6.46. The molecule has 1 saturated heterocycles. The molecule has 2 aliphatic rings. The summed E-state index contributed by atoms with van der Waals surface area (Å²) in [7, 11) is 3.04. The zero-order chi connectivity index (χ0) is 25.2. The number of carbonyl (C=O) groups is 2. The first-order valence-corrected chi connectivity index (χ1v) is 11.4. The standard InChI is InChI=1S/C26H25N3O7/c1-33-18-6-4-16(12-20(18)34-2)23-22(24(30)17-5-7-19-21(13-17)36-15-35-19)25(31)26(32)29(23)10-3-9-28-11-8-27-14-28/h4-8,11-14,23,30H,3,9-10,15H2,1-2H3. The molecule has 1 unspecified atom stereocenters. The number of benzene rings is 2. The zero-order valence-corrected chi connectivity index (χ0v) is 19.8.